The Balaban J connectivity index is 1.37. The van der Waals surface area contributed by atoms with Crippen molar-refractivity contribution in [3.05, 3.63) is 0 Å². The molecule has 25 heteroatoms. The Bertz CT molecular complexity index is 1880. The van der Waals surface area contributed by atoms with Crippen molar-refractivity contribution in [2.24, 2.45) is 11.8 Å². The fraction of sp³-hybridized carbons (Fsp3) is 0.945. The van der Waals surface area contributed by atoms with Gasteiger partial charge in [-0.1, -0.05) is 92.4 Å². The smallest absolute Gasteiger partial charge is 0.309 e. The predicted octanol–water partition coefficient (Wildman–Crippen LogP) is 1.04. The van der Waals surface area contributed by atoms with Crippen molar-refractivity contribution in [1.29, 1.82) is 0 Å². The van der Waals surface area contributed by atoms with E-state index in [-0.39, 0.29) is 18.9 Å². The number of esters is 3. The molecule has 80 heavy (non-hydrogen) atoms. The third-order valence-electron chi connectivity index (χ3n) is 16.2. The Hall–Kier alpha value is -2.35. The molecule has 464 valence electrons. The van der Waals surface area contributed by atoms with Crippen LogP contribution >= 0.6 is 0 Å². The van der Waals surface area contributed by atoms with E-state index >= 15 is 0 Å². The van der Waals surface area contributed by atoms with Gasteiger partial charge in [0.15, 0.2) is 49.8 Å². The third kappa shape index (κ3) is 16.7. The van der Waals surface area contributed by atoms with E-state index < -0.39 is 190 Å². The molecule has 0 spiro atoms. The molecule has 0 aliphatic carbocycles. The zero-order valence-corrected chi connectivity index (χ0v) is 47.8. The highest BCUT2D eigenvalue weighted by Gasteiger charge is 2.59. The second kappa shape index (κ2) is 31.2. The second-order valence-corrected chi connectivity index (χ2v) is 22.9. The lowest BCUT2D eigenvalue weighted by Gasteiger charge is -2.51. The first kappa shape index (κ1) is 66.8. The highest BCUT2D eigenvalue weighted by atomic mass is 16.8. The summed E-state index contributed by atoms with van der Waals surface area (Å²) in [6.45, 7) is 13.8. The number of fused-ring (bicyclic) bond motifs is 3. The summed E-state index contributed by atoms with van der Waals surface area (Å²) in [7, 11) is 0. The number of aliphatic hydroxyl groups is 9. The molecule has 0 radical (unpaired) electrons. The Morgan fingerprint density at radius 2 is 1.10 bits per heavy atom. The van der Waals surface area contributed by atoms with Gasteiger partial charge in [-0.3, -0.25) is 14.4 Å². The maximum atomic E-state index is 14.1. The Morgan fingerprint density at radius 1 is 0.525 bits per heavy atom. The molecule has 6 heterocycles. The van der Waals surface area contributed by atoms with Crippen molar-refractivity contribution >= 4 is 17.9 Å². The lowest BCUT2D eigenvalue weighted by molar-refractivity contribution is -0.400. The molecule has 9 N–H and O–H groups in total. The topological polar surface area (TPSA) is 353 Å². The first-order valence-electron chi connectivity index (χ1n) is 29.2. The minimum atomic E-state index is -2.02. The molecule has 0 unspecified atom stereocenters. The summed E-state index contributed by atoms with van der Waals surface area (Å²) in [5.74, 6) is -3.58. The van der Waals surface area contributed by atoms with Crippen LogP contribution in [0.2, 0.25) is 0 Å². The first-order valence-corrected chi connectivity index (χ1v) is 29.2. The lowest BCUT2D eigenvalue weighted by atomic mass is 9.95. The van der Waals surface area contributed by atoms with Gasteiger partial charge in [0.25, 0.3) is 0 Å². The molecule has 0 amide bonds. The van der Waals surface area contributed by atoms with E-state index in [1.54, 1.807) is 34.6 Å². The van der Waals surface area contributed by atoms with Gasteiger partial charge in [-0.2, -0.15) is 0 Å². The summed E-state index contributed by atoms with van der Waals surface area (Å²) >= 11 is 0. The standard InChI is InChI=1S/C55H94O25/c1-10-12-18-21-31-22-19-16-14-13-15-17-20-23-33(57)74-45-41(65)53(79-46-37(61)34(58)27(6)68-54(46)72-31)70-29(8)43(45)78-55-48(76-50(67)26(5)11-2)47(80-52-39(63)36(60)35(59)32(24-56)73-52)44(30(9)71-55)77-51-40(64)38(62)42(28(7)69-51)75-49(66)25(3)4/h25-32,34-48,51-56,58-65H,10-24H2,1-9H3/t26-,27-,28+,29+,30+,31-,32+,34-,35+,36-,37+,38+,39+,40+,41+,42+,43-,44+,45-,46-,47-,48+,51-,52-,53-,54+,55-/m1/s1. The zero-order valence-electron chi connectivity index (χ0n) is 47.8. The SMILES string of the molecule is CCCCC[C@@H]1CCCCCCCCCC(=O)O[C@@H]2[C@H](O)[C@@H](O[C@H]3[C@H](O1)O[C@H](C)[C@@H](O)[C@@H]3O)O[C@@H](C)[C@H]2O[C@H]1O[C@@H](C)[C@H](O[C@H]2O[C@@H](C)[C@H](OC(=O)C(C)C)[C@@H](O)[C@@H]2O)[C@@H](O[C@H]2O[C@@H](CO)[C@H](O)[C@@H](O)[C@@H]2O)[C@@H]1OC(=O)[C@H](C)CC. The molecule has 0 aromatic carbocycles. The number of rotatable bonds is 16. The van der Waals surface area contributed by atoms with Crippen molar-refractivity contribution in [3.8, 4) is 0 Å². The Morgan fingerprint density at radius 3 is 1.76 bits per heavy atom. The largest absolute Gasteiger partial charge is 0.457 e. The highest BCUT2D eigenvalue weighted by Crippen LogP contribution is 2.39. The van der Waals surface area contributed by atoms with Gasteiger partial charge < -0.3 is 108 Å². The molecular weight excluding hydrogens is 1060 g/mol. The highest BCUT2D eigenvalue weighted by molar-refractivity contribution is 5.72. The fourth-order valence-electron chi connectivity index (χ4n) is 10.8. The first-order chi connectivity index (χ1) is 38.0. The van der Waals surface area contributed by atoms with Gasteiger partial charge in [-0.25, -0.2) is 0 Å². The summed E-state index contributed by atoms with van der Waals surface area (Å²) in [6.07, 6.45) is -29.8. The van der Waals surface area contributed by atoms with E-state index in [2.05, 4.69) is 6.92 Å². The molecule has 0 aromatic heterocycles. The Labute approximate surface area is 469 Å². The van der Waals surface area contributed by atoms with Crippen LogP contribution in [0.4, 0.5) is 0 Å². The van der Waals surface area contributed by atoms with Gasteiger partial charge in [-0.05, 0) is 53.4 Å². The summed E-state index contributed by atoms with van der Waals surface area (Å²) in [5, 5.41) is 101. The monoisotopic (exact) mass is 1150 g/mol. The predicted molar refractivity (Wildman–Crippen MR) is 275 cm³/mol. The average molecular weight is 1160 g/mol. The van der Waals surface area contributed by atoms with Crippen LogP contribution in [0.25, 0.3) is 0 Å². The summed E-state index contributed by atoms with van der Waals surface area (Å²) < 4.78 is 81.2. The van der Waals surface area contributed by atoms with E-state index in [4.69, 9.17) is 61.6 Å². The number of hydrogen-bond acceptors (Lipinski definition) is 25. The van der Waals surface area contributed by atoms with E-state index in [1.165, 1.54) is 20.8 Å². The molecule has 2 bridgehead atoms. The Kier molecular flexibility index (Phi) is 26.0. The van der Waals surface area contributed by atoms with E-state index in [0.717, 1.165) is 57.8 Å². The number of hydrogen-bond donors (Lipinski definition) is 9. The van der Waals surface area contributed by atoms with Crippen LogP contribution in [0, 0.1) is 11.8 Å². The molecule has 0 saturated carbocycles. The minimum Gasteiger partial charge on any atom is -0.457 e. The maximum Gasteiger partial charge on any atom is 0.309 e. The summed E-state index contributed by atoms with van der Waals surface area (Å²) in [6, 6.07) is 0. The quantitative estimate of drug-likeness (QED) is 0.0592. The van der Waals surface area contributed by atoms with Gasteiger partial charge in [0.1, 0.15) is 79.4 Å². The van der Waals surface area contributed by atoms with E-state index in [1.807, 2.05) is 0 Å². The van der Waals surface area contributed by atoms with E-state index in [9.17, 15) is 60.3 Å². The van der Waals surface area contributed by atoms with Crippen molar-refractivity contribution < 1.29 is 122 Å². The van der Waals surface area contributed by atoms with Crippen molar-refractivity contribution in [1.82, 2.24) is 0 Å². The maximum absolute atomic E-state index is 14.1. The third-order valence-corrected chi connectivity index (χ3v) is 16.2. The number of carbonyl (C=O) groups is 3. The van der Waals surface area contributed by atoms with Crippen molar-refractivity contribution in [2.45, 2.75) is 312 Å². The second-order valence-electron chi connectivity index (χ2n) is 22.9. The molecule has 6 aliphatic heterocycles. The van der Waals surface area contributed by atoms with Crippen molar-refractivity contribution in [3.63, 3.8) is 0 Å². The minimum absolute atomic E-state index is 0.0469. The number of unbranched alkanes of at least 4 members (excludes halogenated alkanes) is 2. The molecule has 6 saturated heterocycles. The summed E-state index contributed by atoms with van der Waals surface area (Å²) in [4.78, 5) is 40.6. The van der Waals surface area contributed by atoms with Gasteiger partial charge in [0, 0.05) is 6.42 Å². The van der Waals surface area contributed by atoms with Crippen LogP contribution in [0.5, 0.6) is 0 Å². The summed E-state index contributed by atoms with van der Waals surface area (Å²) in [5.41, 5.74) is 0. The van der Waals surface area contributed by atoms with E-state index in [0.29, 0.717) is 19.3 Å². The number of carbonyl (C=O) groups excluding carboxylic acids is 3. The molecule has 25 nitrogen and oxygen atoms in total. The molecular formula is C55H94O25. The van der Waals surface area contributed by atoms with Crippen LogP contribution in [-0.4, -0.2) is 230 Å². The van der Waals surface area contributed by atoms with Gasteiger partial charge in [0.05, 0.1) is 49.0 Å². The fourth-order valence-corrected chi connectivity index (χ4v) is 10.8. The van der Waals surface area contributed by atoms with Gasteiger partial charge >= 0.3 is 17.9 Å². The molecule has 6 fully saturated rings. The molecule has 0 aromatic rings. The van der Waals surface area contributed by atoms with Crippen LogP contribution in [0.1, 0.15) is 152 Å². The van der Waals surface area contributed by atoms with Crippen LogP contribution in [0.3, 0.4) is 0 Å². The zero-order chi connectivity index (χ0) is 58.7. The van der Waals surface area contributed by atoms with Gasteiger partial charge in [-0.15, -0.1) is 0 Å². The number of aliphatic hydroxyl groups excluding tert-OH is 9. The molecule has 6 aliphatic rings. The lowest BCUT2D eigenvalue weighted by Crippen LogP contribution is -2.68. The normalized spacial score (nSPS) is 44.3. The number of ether oxygens (including phenoxy) is 13. The van der Waals surface area contributed by atoms with Crippen LogP contribution in [-0.2, 0) is 76.0 Å². The molecule has 27 atom stereocenters. The van der Waals surface area contributed by atoms with Crippen molar-refractivity contribution in [2.75, 3.05) is 6.61 Å². The van der Waals surface area contributed by atoms with Gasteiger partial charge in [0.2, 0.25) is 0 Å². The van der Waals surface area contributed by atoms with Crippen LogP contribution < -0.4 is 0 Å². The van der Waals surface area contributed by atoms with Crippen LogP contribution in [0.15, 0.2) is 0 Å². The average Bonchev–Trinajstić information content (AvgIpc) is 3.47. The molecule has 6 rings (SSSR count).